The van der Waals surface area contributed by atoms with Gasteiger partial charge in [-0.3, -0.25) is 4.79 Å². The Morgan fingerprint density at radius 3 is 2.66 bits per heavy atom. The topological polar surface area (TPSA) is 65.7 Å². The molecule has 0 N–H and O–H groups in total. The zero-order chi connectivity index (χ0) is 20.2. The van der Waals surface area contributed by atoms with Gasteiger partial charge in [0.1, 0.15) is 0 Å². The predicted octanol–water partition coefficient (Wildman–Crippen LogP) is 3.73. The number of benzene rings is 1. The number of thiazole rings is 1. The summed E-state index contributed by atoms with van der Waals surface area (Å²) >= 11 is 2.95. The lowest BCUT2D eigenvalue weighted by atomic mass is 10.2. The van der Waals surface area contributed by atoms with Crippen LogP contribution in [0.5, 0.6) is 11.5 Å². The third-order valence-corrected chi connectivity index (χ3v) is 5.80. The number of hydrogen-bond donors (Lipinski definition) is 0. The maximum absolute atomic E-state index is 12.7. The number of nitrogens with zero attached hydrogens (tertiary/aromatic N) is 3. The highest BCUT2D eigenvalue weighted by atomic mass is 32.1. The van der Waals surface area contributed by atoms with Crippen LogP contribution in [0.1, 0.15) is 30.1 Å². The van der Waals surface area contributed by atoms with Crippen LogP contribution in [0.25, 0.3) is 23.2 Å². The van der Waals surface area contributed by atoms with E-state index in [-0.39, 0.29) is 5.56 Å². The van der Waals surface area contributed by atoms with Gasteiger partial charge in [-0.05, 0) is 61.2 Å². The van der Waals surface area contributed by atoms with Crippen molar-refractivity contribution in [2.75, 3.05) is 13.2 Å². The summed E-state index contributed by atoms with van der Waals surface area (Å²) < 4.78 is 13.2. The Morgan fingerprint density at radius 2 is 1.93 bits per heavy atom. The predicted molar refractivity (Wildman–Crippen MR) is 118 cm³/mol. The van der Waals surface area contributed by atoms with E-state index in [4.69, 9.17) is 9.47 Å². The first-order valence-electron chi connectivity index (χ1n) is 9.20. The minimum absolute atomic E-state index is 0.180. The van der Waals surface area contributed by atoms with Crippen molar-refractivity contribution in [2.24, 2.45) is 0 Å². The molecule has 0 radical (unpaired) electrons. The summed E-state index contributed by atoms with van der Waals surface area (Å²) in [5.41, 5.74) is 0.677. The molecule has 0 saturated carbocycles. The fourth-order valence-electron chi connectivity index (χ4n) is 2.77. The highest BCUT2D eigenvalue weighted by molar-refractivity contribution is 7.15. The van der Waals surface area contributed by atoms with Crippen LogP contribution in [-0.2, 0) is 0 Å². The maximum atomic E-state index is 12.7. The first-order chi connectivity index (χ1) is 14.2. The molecule has 0 atom stereocenters. The normalized spacial score (nSPS) is 12.3. The monoisotopic (exact) mass is 425 g/mol. The van der Waals surface area contributed by atoms with Gasteiger partial charge >= 0.3 is 0 Å². The van der Waals surface area contributed by atoms with Crippen molar-refractivity contribution < 1.29 is 9.47 Å². The molecule has 29 heavy (non-hydrogen) atoms. The van der Waals surface area contributed by atoms with Gasteiger partial charge in [0.2, 0.25) is 4.96 Å². The Kier molecular flexibility index (Phi) is 5.73. The van der Waals surface area contributed by atoms with Gasteiger partial charge in [0.15, 0.2) is 17.3 Å². The molecular weight excluding hydrogens is 406 g/mol. The minimum atomic E-state index is -0.180. The number of fused-ring (bicyclic) bond motifs is 1. The van der Waals surface area contributed by atoms with Crippen molar-refractivity contribution in [3.05, 3.63) is 66.9 Å². The summed E-state index contributed by atoms with van der Waals surface area (Å²) in [5, 5.41) is 6.32. The molecular formula is C21H19N3O3S2. The second-order valence-corrected chi connectivity index (χ2v) is 7.99. The van der Waals surface area contributed by atoms with Gasteiger partial charge in [0.25, 0.3) is 5.56 Å². The molecule has 0 unspecified atom stereocenters. The van der Waals surface area contributed by atoms with Crippen molar-refractivity contribution in [1.82, 2.24) is 14.6 Å². The SMILES string of the molecule is CCOc1ccc(/C=c2/sc3nc(/C=C/c4cccs4)nn3c2=O)cc1OCC. The largest absolute Gasteiger partial charge is 0.490 e. The average molecular weight is 426 g/mol. The van der Waals surface area contributed by atoms with Crippen molar-refractivity contribution in [1.29, 1.82) is 0 Å². The van der Waals surface area contributed by atoms with Gasteiger partial charge < -0.3 is 9.47 Å². The third-order valence-electron chi connectivity index (χ3n) is 4.00. The van der Waals surface area contributed by atoms with Crippen LogP contribution >= 0.6 is 22.7 Å². The maximum Gasteiger partial charge on any atom is 0.291 e. The Labute approximate surface area is 175 Å². The van der Waals surface area contributed by atoms with Gasteiger partial charge in [-0.25, -0.2) is 0 Å². The van der Waals surface area contributed by atoms with Crippen LogP contribution in [0.15, 0.2) is 40.5 Å². The summed E-state index contributed by atoms with van der Waals surface area (Å²) in [6.07, 6.45) is 5.58. The molecule has 0 saturated heterocycles. The summed E-state index contributed by atoms with van der Waals surface area (Å²) in [6, 6.07) is 9.63. The van der Waals surface area contributed by atoms with Crippen molar-refractivity contribution in [3.63, 3.8) is 0 Å². The molecule has 1 aromatic carbocycles. The number of ether oxygens (including phenoxy) is 2. The Bertz CT molecular complexity index is 1260. The second kappa shape index (κ2) is 8.59. The molecule has 0 amide bonds. The zero-order valence-electron chi connectivity index (χ0n) is 16.0. The number of aromatic nitrogens is 3. The van der Waals surface area contributed by atoms with Crippen molar-refractivity contribution in [2.45, 2.75) is 13.8 Å². The highest BCUT2D eigenvalue weighted by Gasteiger charge is 2.10. The smallest absolute Gasteiger partial charge is 0.291 e. The molecule has 3 heterocycles. The summed E-state index contributed by atoms with van der Waals surface area (Å²) in [6.45, 7) is 4.95. The molecule has 0 bridgehead atoms. The molecule has 6 nitrogen and oxygen atoms in total. The lowest BCUT2D eigenvalue weighted by Crippen LogP contribution is -2.23. The number of hydrogen-bond acceptors (Lipinski definition) is 7. The van der Waals surface area contributed by atoms with E-state index in [1.807, 2.05) is 67.8 Å². The molecule has 4 aromatic rings. The molecule has 0 fully saturated rings. The molecule has 4 rings (SSSR count). The number of rotatable bonds is 7. The van der Waals surface area contributed by atoms with E-state index in [0.717, 1.165) is 10.4 Å². The summed E-state index contributed by atoms with van der Waals surface area (Å²) in [4.78, 5) is 18.8. The first kappa shape index (κ1) is 19.4. The van der Waals surface area contributed by atoms with Crippen LogP contribution in [-0.4, -0.2) is 27.8 Å². The van der Waals surface area contributed by atoms with E-state index < -0.39 is 0 Å². The van der Waals surface area contributed by atoms with Gasteiger partial charge in [0.05, 0.1) is 17.7 Å². The van der Waals surface area contributed by atoms with E-state index >= 15 is 0 Å². The van der Waals surface area contributed by atoms with E-state index in [1.54, 1.807) is 11.3 Å². The van der Waals surface area contributed by atoms with Crippen LogP contribution in [0.2, 0.25) is 0 Å². The van der Waals surface area contributed by atoms with Crippen molar-refractivity contribution in [3.8, 4) is 11.5 Å². The fraction of sp³-hybridized carbons (Fsp3) is 0.190. The van der Waals surface area contributed by atoms with Gasteiger partial charge in [0, 0.05) is 4.88 Å². The van der Waals surface area contributed by atoms with Crippen LogP contribution < -0.4 is 19.6 Å². The number of thiophene rings is 1. The fourth-order valence-corrected chi connectivity index (χ4v) is 4.30. The highest BCUT2D eigenvalue weighted by Crippen LogP contribution is 2.28. The van der Waals surface area contributed by atoms with Crippen LogP contribution in [0.3, 0.4) is 0 Å². The Balaban J connectivity index is 1.66. The van der Waals surface area contributed by atoms with E-state index in [9.17, 15) is 4.79 Å². The van der Waals surface area contributed by atoms with Crippen LogP contribution in [0.4, 0.5) is 0 Å². The quantitative estimate of drug-likeness (QED) is 0.451. The molecule has 148 valence electrons. The van der Waals surface area contributed by atoms with Gasteiger partial charge in [-0.1, -0.05) is 23.5 Å². The lowest BCUT2D eigenvalue weighted by Gasteiger charge is -2.11. The molecule has 0 aliphatic heterocycles. The minimum Gasteiger partial charge on any atom is -0.490 e. The summed E-state index contributed by atoms with van der Waals surface area (Å²) in [7, 11) is 0. The van der Waals surface area contributed by atoms with E-state index in [1.165, 1.54) is 15.9 Å². The third kappa shape index (κ3) is 4.23. The van der Waals surface area contributed by atoms with Gasteiger partial charge in [-0.15, -0.1) is 16.4 Å². The van der Waals surface area contributed by atoms with Crippen LogP contribution in [0, 0.1) is 0 Å². The first-order valence-corrected chi connectivity index (χ1v) is 10.9. The van der Waals surface area contributed by atoms with E-state index in [2.05, 4.69) is 10.1 Å². The second-order valence-electron chi connectivity index (χ2n) is 6.00. The molecule has 8 heteroatoms. The summed E-state index contributed by atoms with van der Waals surface area (Å²) in [5.74, 6) is 1.88. The Hall–Kier alpha value is -2.97. The Morgan fingerprint density at radius 1 is 1.10 bits per heavy atom. The molecule has 0 aliphatic rings. The average Bonchev–Trinajstić information content (AvgIpc) is 3.42. The lowest BCUT2D eigenvalue weighted by molar-refractivity contribution is 0.287. The zero-order valence-corrected chi connectivity index (χ0v) is 17.6. The van der Waals surface area contributed by atoms with Crippen molar-refractivity contribution >= 4 is 45.9 Å². The standard InChI is InChI=1S/C21H19N3O3S2/c1-3-26-16-9-7-14(12-17(16)27-4-2)13-18-20(25)24-21(29-18)22-19(23-24)10-8-15-6-5-11-28-15/h5-13H,3-4H2,1-2H3/b10-8+,18-13+. The van der Waals surface area contributed by atoms with Gasteiger partial charge in [-0.2, -0.15) is 9.50 Å². The van der Waals surface area contributed by atoms with E-state index in [0.29, 0.717) is 40.0 Å². The molecule has 0 aliphatic carbocycles. The molecule has 0 spiro atoms. The molecule has 3 aromatic heterocycles.